The molecule has 176 valence electrons. The summed E-state index contributed by atoms with van der Waals surface area (Å²) in [5, 5.41) is 9.21. The Hall–Kier alpha value is -4.15. The topological polar surface area (TPSA) is 139 Å². The van der Waals surface area contributed by atoms with Gasteiger partial charge in [0.15, 0.2) is 11.5 Å². The number of rotatable bonds is 6. The van der Waals surface area contributed by atoms with Gasteiger partial charge in [-0.1, -0.05) is 36.4 Å². The van der Waals surface area contributed by atoms with Crippen LogP contribution in [-0.2, 0) is 10.1 Å². The zero-order chi connectivity index (χ0) is 24.7. The second-order valence-electron chi connectivity index (χ2n) is 6.86. The smallest absolute Gasteiger partial charge is 0.337 e. The molecule has 1 aromatic heterocycles. The fraction of sp³-hybridized carbons (Fsp3) is 0.0833. The van der Waals surface area contributed by atoms with Crippen LogP contribution in [0.5, 0.6) is 11.5 Å². The predicted octanol–water partition coefficient (Wildman–Crippen LogP) is 4.38. The molecule has 0 saturated heterocycles. The van der Waals surface area contributed by atoms with Gasteiger partial charge in [-0.15, -0.1) is 0 Å². The molecular weight excluding hydrogens is 460 g/mol. The van der Waals surface area contributed by atoms with Crippen LogP contribution < -0.4 is 9.47 Å². The lowest BCUT2D eigenvalue weighted by Crippen LogP contribution is -1.96. The van der Waals surface area contributed by atoms with Crippen LogP contribution in [-0.4, -0.2) is 48.2 Å². The van der Waals surface area contributed by atoms with Crippen LogP contribution in [0.25, 0.3) is 23.2 Å². The summed E-state index contributed by atoms with van der Waals surface area (Å²) in [4.78, 5) is 18.6. The number of aromatic nitrogens is 2. The van der Waals surface area contributed by atoms with Gasteiger partial charge in [-0.2, -0.15) is 8.42 Å². The number of nitrogens with one attached hydrogen (secondary N) is 1. The van der Waals surface area contributed by atoms with E-state index in [9.17, 15) is 18.3 Å². The molecule has 4 aromatic rings. The largest absolute Gasteiger partial charge is 0.493 e. The number of H-pyrrole nitrogens is 1. The van der Waals surface area contributed by atoms with E-state index in [0.29, 0.717) is 28.4 Å². The lowest BCUT2D eigenvalue weighted by atomic mass is 10.2. The zero-order valence-corrected chi connectivity index (χ0v) is 19.1. The minimum absolute atomic E-state index is 0.0741. The average molecular weight is 483 g/mol. The van der Waals surface area contributed by atoms with Crippen LogP contribution in [0.1, 0.15) is 21.7 Å². The Balaban J connectivity index is 0.000000271. The molecular formula is C24H22N2O7S. The van der Waals surface area contributed by atoms with Gasteiger partial charge in [0.1, 0.15) is 11.3 Å². The number of benzene rings is 3. The number of methoxy groups -OCH3 is 2. The second kappa shape index (κ2) is 10.6. The predicted molar refractivity (Wildman–Crippen MR) is 128 cm³/mol. The van der Waals surface area contributed by atoms with Gasteiger partial charge < -0.3 is 19.6 Å². The molecule has 0 amide bonds. The van der Waals surface area contributed by atoms with Gasteiger partial charge >= 0.3 is 5.97 Å². The third-order valence-electron chi connectivity index (χ3n) is 4.64. The number of hydrogen-bond donors (Lipinski definition) is 3. The summed E-state index contributed by atoms with van der Waals surface area (Å²) in [5.74, 6) is 0.873. The van der Waals surface area contributed by atoms with Gasteiger partial charge in [0, 0.05) is 0 Å². The number of ether oxygens (including phenoxy) is 2. The molecule has 0 aliphatic heterocycles. The van der Waals surface area contributed by atoms with Gasteiger partial charge in [-0.25, -0.2) is 9.78 Å². The number of para-hydroxylation sites is 1. The summed E-state index contributed by atoms with van der Waals surface area (Å²) < 4.78 is 39.7. The molecule has 1 heterocycles. The highest BCUT2D eigenvalue weighted by molar-refractivity contribution is 7.85. The summed E-state index contributed by atoms with van der Waals surface area (Å²) in [5.41, 5.74) is 2.21. The molecule has 3 N–H and O–H groups in total. The van der Waals surface area contributed by atoms with Crippen molar-refractivity contribution in [3.8, 4) is 11.5 Å². The molecule has 34 heavy (non-hydrogen) atoms. The van der Waals surface area contributed by atoms with Crippen LogP contribution in [0.4, 0.5) is 0 Å². The van der Waals surface area contributed by atoms with E-state index in [1.165, 1.54) is 18.2 Å². The van der Waals surface area contributed by atoms with Gasteiger partial charge in [-0.3, -0.25) is 4.55 Å². The summed E-state index contributed by atoms with van der Waals surface area (Å²) in [7, 11) is -0.836. The number of hydrogen-bond acceptors (Lipinski definition) is 6. The Morgan fingerprint density at radius 3 is 2.24 bits per heavy atom. The van der Waals surface area contributed by atoms with Crippen molar-refractivity contribution in [2.45, 2.75) is 4.90 Å². The maximum Gasteiger partial charge on any atom is 0.337 e. The Morgan fingerprint density at radius 2 is 1.65 bits per heavy atom. The summed E-state index contributed by atoms with van der Waals surface area (Å²) >= 11 is 0. The lowest BCUT2D eigenvalue weighted by Gasteiger charge is -2.07. The van der Waals surface area contributed by atoms with Crippen molar-refractivity contribution < 1.29 is 32.3 Å². The Kier molecular flexibility index (Phi) is 7.67. The van der Waals surface area contributed by atoms with Crippen molar-refractivity contribution in [2.24, 2.45) is 0 Å². The first kappa shape index (κ1) is 24.5. The standard InChI is InChI=1S/C18H16N2O4.C6H6O3S/c1-23-14-8-6-11(10-15(14)24-2)7-9-16-19-13-5-3-4-12(18(21)22)17(13)20-16;7-10(8,9)6-4-2-1-3-5-6/h3-10H,1-2H3,(H,19,20)(H,21,22);1-5H,(H,7,8,9)/b9-7+;. The summed E-state index contributed by atoms with van der Waals surface area (Å²) in [6.07, 6.45) is 3.65. The highest BCUT2D eigenvalue weighted by atomic mass is 32.2. The lowest BCUT2D eigenvalue weighted by molar-refractivity contribution is 0.0699. The fourth-order valence-electron chi connectivity index (χ4n) is 3.03. The van der Waals surface area contributed by atoms with Crippen LogP contribution in [0.2, 0.25) is 0 Å². The average Bonchev–Trinajstić information content (AvgIpc) is 3.26. The number of fused-ring (bicyclic) bond motifs is 1. The number of carboxylic acid groups (broad SMARTS) is 1. The molecule has 4 rings (SSSR count). The molecule has 3 aromatic carbocycles. The molecule has 0 spiro atoms. The van der Waals surface area contributed by atoms with E-state index in [2.05, 4.69) is 9.97 Å². The van der Waals surface area contributed by atoms with Crippen LogP contribution in [0, 0.1) is 0 Å². The fourth-order valence-corrected chi connectivity index (χ4v) is 3.53. The van der Waals surface area contributed by atoms with Crippen molar-refractivity contribution in [2.75, 3.05) is 14.2 Å². The molecule has 0 bridgehead atoms. The summed E-state index contributed by atoms with van der Waals surface area (Å²) in [6.45, 7) is 0. The Morgan fingerprint density at radius 1 is 0.941 bits per heavy atom. The number of imidazole rings is 1. The minimum atomic E-state index is -4.00. The molecule has 0 radical (unpaired) electrons. The van der Waals surface area contributed by atoms with E-state index in [1.54, 1.807) is 50.6 Å². The first-order valence-electron chi connectivity index (χ1n) is 9.87. The van der Waals surface area contributed by atoms with Crippen LogP contribution in [0.15, 0.2) is 71.6 Å². The SMILES string of the molecule is COc1ccc(/C=C/c2nc3c(C(=O)O)cccc3[nH]2)cc1OC.O=S(=O)(O)c1ccccc1. The first-order chi connectivity index (χ1) is 16.2. The molecule has 9 nitrogen and oxygen atoms in total. The molecule has 0 aliphatic rings. The first-order valence-corrected chi connectivity index (χ1v) is 11.3. The molecule has 0 fully saturated rings. The van der Waals surface area contributed by atoms with Crippen LogP contribution in [0.3, 0.4) is 0 Å². The van der Waals surface area contributed by atoms with E-state index in [4.69, 9.17) is 14.0 Å². The van der Waals surface area contributed by atoms with Crippen molar-refractivity contribution >= 4 is 39.3 Å². The number of nitrogens with zero attached hydrogens (tertiary/aromatic N) is 1. The zero-order valence-electron chi connectivity index (χ0n) is 18.3. The molecule has 0 unspecified atom stereocenters. The quantitative estimate of drug-likeness (QED) is 0.344. The van der Waals surface area contributed by atoms with E-state index in [1.807, 2.05) is 24.3 Å². The number of carboxylic acids is 1. The highest BCUT2D eigenvalue weighted by Gasteiger charge is 2.11. The Labute approximate surface area is 196 Å². The number of aromatic carboxylic acids is 1. The molecule has 0 atom stereocenters. The maximum absolute atomic E-state index is 11.2. The van der Waals surface area contributed by atoms with Crippen molar-refractivity contribution in [3.63, 3.8) is 0 Å². The van der Waals surface area contributed by atoms with Gasteiger partial charge in [0.05, 0.1) is 30.2 Å². The van der Waals surface area contributed by atoms with E-state index >= 15 is 0 Å². The van der Waals surface area contributed by atoms with Gasteiger partial charge in [0.2, 0.25) is 0 Å². The molecule has 0 aliphatic carbocycles. The van der Waals surface area contributed by atoms with Crippen LogP contribution >= 0.6 is 0 Å². The molecule has 0 saturated carbocycles. The minimum Gasteiger partial charge on any atom is -0.493 e. The Bertz CT molecular complexity index is 1430. The van der Waals surface area contributed by atoms with Gasteiger partial charge in [0.25, 0.3) is 10.1 Å². The van der Waals surface area contributed by atoms with Crippen molar-refractivity contribution in [1.82, 2.24) is 9.97 Å². The summed E-state index contributed by atoms with van der Waals surface area (Å²) in [6, 6.07) is 18.0. The third kappa shape index (κ3) is 6.00. The highest BCUT2D eigenvalue weighted by Crippen LogP contribution is 2.28. The molecule has 10 heteroatoms. The second-order valence-corrected chi connectivity index (χ2v) is 8.29. The number of carbonyl (C=O) groups is 1. The van der Waals surface area contributed by atoms with Gasteiger partial charge in [-0.05, 0) is 48.0 Å². The maximum atomic E-state index is 11.2. The van der Waals surface area contributed by atoms with E-state index in [-0.39, 0.29) is 10.5 Å². The van der Waals surface area contributed by atoms with E-state index in [0.717, 1.165) is 5.56 Å². The third-order valence-corrected chi connectivity index (χ3v) is 5.51. The normalized spacial score (nSPS) is 11.1. The monoisotopic (exact) mass is 482 g/mol. The van der Waals surface area contributed by atoms with E-state index < -0.39 is 16.1 Å². The van der Waals surface area contributed by atoms with Crippen molar-refractivity contribution in [1.29, 1.82) is 0 Å². The van der Waals surface area contributed by atoms with Crippen molar-refractivity contribution in [3.05, 3.63) is 83.7 Å². The number of aromatic amines is 1.